The van der Waals surface area contributed by atoms with Crippen LogP contribution in [0.2, 0.25) is 0 Å². The van der Waals surface area contributed by atoms with Crippen LogP contribution in [0.15, 0.2) is 30.7 Å². The third kappa shape index (κ3) is 2.12. The summed E-state index contributed by atoms with van der Waals surface area (Å²) in [6, 6.07) is 2.91. The van der Waals surface area contributed by atoms with Crippen LogP contribution in [0.3, 0.4) is 0 Å². The van der Waals surface area contributed by atoms with E-state index in [1.807, 2.05) is 6.92 Å². The van der Waals surface area contributed by atoms with E-state index in [-0.39, 0.29) is 11.6 Å². The van der Waals surface area contributed by atoms with E-state index in [0.717, 1.165) is 12.2 Å². The molecule has 0 aliphatic heterocycles. The number of aromatic nitrogens is 3. The Bertz CT molecular complexity index is 452. The normalized spacial score (nSPS) is 10.3. The molecule has 4 nitrogen and oxygen atoms in total. The molecule has 0 saturated carbocycles. The highest BCUT2D eigenvalue weighted by Crippen LogP contribution is 2.15. The Morgan fingerprint density at radius 1 is 1.53 bits per heavy atom. The SMILES string of the molecule is CCn1cc(Nc2ncccc2F)cn1. The number of nitrogens with zero attached hydrogens (tertiary/aromatic N) is 3. The number of nitrogens with one attached hydrogen (secondary N) is 1. The van der Waals surface area contributed by atoms with E-state index in [9.17, 15) is 4.39 Å². The Morgan fingerprint density at radius 2 is 2.40 bits per heavy atom. The third-order valence-electron chi connectivity index (χ3n) is 1.98. The topological polar surface area (TPSA) is 42.7 Å². The average molecular weight is 206 g/mol. The van der Waals surface area contributed by atoms with Crippen LogP contribution in [-0.2, 0) is 6.54 Å². The highest BCUT2D eigenvalue weighted by Gasteiger charge is 2.03. The number of anilines is 2. The molecule has 0 fully saturated rings. The average Bonchev–Trinajstić information content (AvgIpc) is 2.69. The largest absolute Gasteiger partial charge is 0.335 e. The van der Waals surface area contributed by atoms with Crippen LogP contribution in [0.25, 0.3) is 0 Å². The van der Waals surface area contributed by atoms with Gasteiger partial charge in [-0.05, 0) is 19.1 Å². The number of hydrogen-bond acceptors (Lipinski definition) is 3. The molecular weight excluding hydrogens is 195 g/mol. The summed E-state index contributed by atoms with van der Waals surface area (Å²) in [5, 5.41) is 6.92. The van der Waals surface area contributed by atoms with Crippen molar-refractivity contribution in [3.8, 4) is 0 Å². The second-order valence-electron chi connectivity index (χ2n) is 3.04. The van der Waals surface area contributed by atoms with Gasteiger partial charge in [0.05, 0.1) is 11.9 Å². The van der Waals surface area contributed by atoms with E-state index >= 15 is 0 Å². The molecule has 2 aromatic rings. The number of pyridine rings is 1. The van der Waals surface area contributed by atoms with Gasteiger partial charge in [-0.15, -0.1) is 0 Å². The van der Waals surface area contributed by atoms with Crippen molar-refractivity contribution >= 4 is 11.5 Å². The van der Waals surface area contributed by atoms with Crippen LogP contribution in [0.4, 0.5) is 15.9 Å². The summed E-state index contributed by atoms with van der Waals surface area (Å²) < 4.78 is 15.0. The molecule has 2 aromatic heterocycles. The van der Waals surface area contributed by atoms with Gasteiger partial charge in [-0.25, -0.2) is 9.37 Å². The van der Waals surface area contributed by atoms with Crippen molar-refractivity contribution in [3.05, 3.63) is 36.5 Å². The third-order valence-corrected chi connectivity index (χ3v) is 1.98. The molecule has 15 heavy (non-hydrogen) atoms. The maximum Gasteiger partial charge on any atom is 0.166 e. The molecule has 1 N–H and O–H groups in total. The molecule has 2 heterocycles. The minimum Gasteiger partial charge on any atom is -0.335 e. The first-order valence-electron chi connectivity index (χ1n) is 4.69. The molecule has 5 heteroatoms. The van der Waals surface area contributed by atoms with Gasteiger partial charge in [0, 0.05) is 18.9 Å². The highest BCUT2D eigenvalue weighted by molar-refractivity contribution is 5.54. The Balaban J connectivity index is 2.18. The van der Waals surface area contributed by atoms with E-state index in [4.69, 9.17) is 0 Å². The summed E-state index contributed by atoms with van der Waals surface area (Å²) in [4.78, 5) is 3.89. The molecule has 0 aliphatic carbocycles. The zero-order chi connectivity index (χ0) is 10.7. The predicted molar refractivity (Wildman–Crippen MR) is 55.4 cm³/mol. The quantitative estimate of drug-likeness (QED) is 0.837. The minimum atomic E-state index is -0.373. The van der Waals surface area contributed by atoms with Gasteiger partial charge in [-0.3, -0.25) is 4.68 Å². The minimum absolute atomic E-state index is 0.216. The summed E-state index contributed by atoms with van der Waals surface area (Å²) >= 11 is 0. The molecule has 0 unspecified atom stereocenters. The van der Waals surface area contributed by atoms with Gasteiger partial charge in [0.25, 0.3) is 0 Å². The van der Waals surface area contributed by atoms with Crippen LogP contribution in [0.1, 0.15) is 6.92 Å². The van der Waals surface area contributed by atoms with E-state index < -0.39 is 0 Å². The fourth-order valence-corrected chi connectivity index (χ4v) is 1.22. The van der Waals surface area contributed by atoms with Crippen molar-refractivity contribution in [3.63, 3.8) is 0 Å². The van der Waals surface area contributed by atoms with Crippen LogP contribution in [0, 0.1) is 5.82 Å². The molecule has 2 rings (SSSR count). The number of halogens is 1. The van der Waals surface area contributed by atoms with Gasteiger partial charge < -0.3 is 5.32 Å². The molecule has 0 bridgehead atoms. The fourth-order valence-electron chi connectivity index (χ4n) is 1.22. The van der Waals surface area contributed by atoms with Crippen LogP contribution >= 0.6 is 0 Å². The Kier molecular flexibility index (Phi) is 2.62. The first-order valence-corrected chi connectivity index (χ1v) is 4.69. The first kappa shape index (κ1) is 9.64. The highest BCUT2D eigenvalue weighted by atomic mass is 19.1. The number of hydrogen-bond donors (Lipinski definition) is 1. The summed E-state index contributed by atoms with van der Waals surface area (Å²) in [5.41, 5.74) is 0.731. The van der Waals surface area contributed by atoms with Gasteiger partial charge in [-0.1, -0.05) is 0 Å². The van der Waals surface area contributed by atoms with Gasteiger partial charge >= 0.3 is 0 Å². The lowest BCUT2D eigenvalue weighted by molar-refractivity contribution is 0.626. The molecular formula is C10H11FN4. The molecule has 0 saturated heterocycles. The van der Waals surface area contributed by atoms with Crippen LogP contribution in [0.5, 0.6) is 0 Å². The lowest BCUT2D eigenvalue weighted by Gasteiger charge is -2.02. The molecule has 0 aliphatic rings. The van der Waals surface area contributed by atoms with Gasteiger partial charge in [0.15, 0.2) is 11.6 Å². The summed E-state index contributed by atoms with van der Waals surface area (Å²) in [7, 11) is 0. The zero-order valence-electron chi connectivity index (χ0n) is 8.31. The smallest absolute Gasteiger partial charge is 0.166 e. The Morgan fingerprint density at radius 3 is 3.07 bits per heavy atom. The standard InChI is InChI=1S/C10H11FN4/c1-2-15-7-8(6-13-15)14-10-9(11)4-3-5-12-10/h3-7H,2H2,1H3,(H,12,14). The van der Waals surface area contributed by atoms with Crippen molar-refractivity contribution in [2.75, 3.05) is 5.32 Å². The molecule has 0 atom stereocenters. The van der Waals surface area contributed by atoms with Gasteiger partial charge in [-0.2, -0.15) is 5.10 Å². The molecule has 0 aromatic carbocycles. The van der Waals surface area contributed by atoms with Crippen molar-refractivity contribution in [1.29, 1.82) is 0 Å². The van der Waals surface area contributed by atoms with E-state index in [0.29, 0.717) is 0 Å². The maximum absolute atomic E-state index is 13.2. The molecule has 0 amide bonds. The summed E-state index contributed by atoms with van der Waals surface area (Å²) in [6.45, 7) is 2.77. The van der Waals surface area contributed by atoms with E-state index in [2.05, 4.69) is 15.4 Å². The molecule has 78 valence electrons. The zero-order valence-corrected chi connectivity index (χ0v) is 8.31. The lowest BCUT2D eigenvalue weighted by Crippen LogP contribution is -1.96. The fraction of sp³-hybridized carbons (Fsp3) is 0.200. The predicted octanol–water partition coefficient (Wildman–Crippen LogP) is 2.18. The molecule has 0 radical (unpaired) electrons. The number of rotatable bonds is 3. The van der Waals surface area contributed by atoms with E-state index in [1.165, 1.54) is 12.3 Å². The maximum atomic E-state index is 13.2. The van der Waals surface area contributed by atoms with Crippen LogP contribution < -0.4 is 5.32 Å². The summed E-state index contributed by atoms with van der Waals surface area (Å²) in [6.07, 6.45) is 4.97. The molecule has 0 spiro atoms. The Labute approximate surface area is 86.8 Å². The second-order valence-corrected chi connectivity index (χ2v) is 3.04. The first-order chi connectivity index (χ1) is 7.29. The Hall–Kier alpha value is -1.91. The van der Waals surface area contributed by atoms with Crippen molar-refractivity contribution in [2.24, 2.45) is 0 Å². The second kappa shape index (κ2) is 4.08. The number of aryl methyl sites for hydroxylation is 1. The lowest BCUT2D eigenvalue weighted by atomic mass is 10.4. The van der Waals surface area contributed by atoms with Gasteiger partial charge in [0.1, 0.15) is 0 Å². The summed E-state index contributed by atoms with van der Waals surface area (Å²) in [5.74, 6) is -0.157. The monoisotopic (exact) mass is 206 g/mol. The van der Waals surface area contributed by atoms with Crippen molar-refractivity contribution in [2.45, 2.75) is 13.5 Å². The van der Waals surface area contributed by atoms with Crippen molar-refractivity contribution < 1.29 is 4.39 Å². The van der Waals surface area contributed by atoms with E-state index in [1.54, 1.807) is 23.1 Å². The van der Waals surface area contributed by atoms with Gasteiger partial charge in [0.2, 0.25) is 0 Å². The van der Waals surface area contributed by atoms with Crippen LogP contribution in [-0.4, -0.2) is 14.8 Å². The van der Waals surface area contributed by atoms with Crippen molar-refractivity contribution in [1.82, 2.24) is 14.8 Å².